The number of ether oxygens (including phenoxy) is 1. The molecule has 110 valence electrons. The van der Waals surface area contributed by atoms with E-state index in [-0.39, 0.29) is 18.0 Å². The first-order valence-electron chi connectivity index (χ1n) is 7.01. The molecule has 0 aliphatic heterocycles. The third kappa shape index (κ3) is 3.50. The van der Waals surface area contributed by atoms with Gasteiger partial charge in [0, 0.05) is 10.9 Å². The normalized spacial score (nSPS) is 14.5. The molecule has 0 radical (unpaired) electrons. The fourth-order valence-electron chi connectivity index (χ4n) is 1.95. The molecule has 1 aliphatic rings. The Labute approximate surface area is 122 Å². The summed E-state index contributed by atoms with van der Waals surface area (Å²) in [6, 6.07) is 1.82. The molecule has 0 bridgehead atoms. The lowest BCUT2D eigenvalue weighted by Crippen LogP contribution is -2.41. The molecule has 1 heterocycles. The Morgan fingerprint density at radius 3 is 2.70 bits per heavy atom. The average molecular weight is 296 g/mol. The maximum atomic E-state index is 11.9. The number of carbonyl (C=O) groups is 2. The van der Waals surface area contributed by atoms with E-state index in [2.05, 4.69) is 10.6 Å². The van der Waals surface area contributed by atoms with Crippen molar-refractivity contribution >= 4 is 28.3 Å². The van der Waals surface area contributed by atoms with Gasteiger partial charge in [-0.15, -0.1) is 11.3 Å². The van der Waals surface area contributed by atoms with Gasteiger partial charge in [0.05, 0.1) is 12.2 Å². The lowest BCUT2D eigenvalue weighted by atomic mass is 9.93. The molecular weight excluding hydrogens is 276 g/mol. The van der Waals surface area contributed by atoms with Gasteiger partial charge in [0.2, 0.25) is 0 Å². The zero-order valence-electron chi connectivity index (χ0n) is 11.8. The lowest BCUT2D eigenvalue weighted by molar-refractivity contribution is 0.0528. The first kappa shape index (κ1) is 14.8. The van der Waals surface area contributed by atoms with Crippen molar-refractivity contribution in [3.05, 3.63) is 16.5 Å². The number of urea groups is 1. The number of thiophene rings is 1. The van der Waals surface area contributed by atoms with Crippen LogP contribution in [0.1, 0.15) is 48.3 Å². The van der Waals surface area contributed by atoms with Crippen molar-refractivity contribution in [2.75, 3.05) is 11.9 Å². The van der Waals surface area contributed by atoms with Crippen LogP contribution in [0.15, 0.2) is 6.07 Å². The van der Waals surface area contributed by atoms with E-state index in [1.54, 1.807) is 13.0 Å². The fraction of sp³-hybridized carbons (Fsp3) is 0.571. The molecule has 1 aromatic rings. The molecule has 6 heteroatoms. The molecule has 0 saturated heterocycles. The summed E-state index contributed by atoms with van der Waals surface area (Å²) in [6.45, 7) is 4.10. The number of aryl methyl sites for hydroxylation is 1. The van der Waals surface area contributed by atoms with E-state index in [1.165, 1.54) is 11.3 Å². The number of esters is 1. The molecule has 5 nitrogen and oxygen atoms in total. The van der Waals surface area contributed by atoms with Crippen LogP contribution in [0.4, 0.5) is 9.80 Å². The van der Waals surface area contributed by atoms with Gasteiger partial charge in [0.25, 0.3) is 0 Å². The first-order valence-corrected chi connectivity index (χ1v) is 7.83. The molecule has 0 atom stereocenters. The quantitative estimate of drug-likeness (QED) is 0.820. The second-order valence-electron chi connectivity index (χ2n) is 4.76. The van der Waals surface area contributed by atoms with Crippen molar-refractivity contribution in [2.24, 2.45) is 0 Å². The van der Waals surface area contributed by atoms with Crippen LogP contribution in [0.5, 0.6) is 0 Å². The van der Waals surface area contributed by atoms with E-state index in [4.69, 9.17) is 4.74 Å². The molecule has 2 amide bonds. The van der Waals surface area contributed by atoms with Crippen LogP contribution < -0.4 is 10.6 Å². The summed E-state index contributed by atoms with van der Waals surface area (Å²) in [5, 5.41) is 6.23. The number of carbonyl (C=O) groups excluding carboxylic acids is 2. The molecule has 1 aromatic heterocycles. The molecular formula is C14H20N2O3S. The van der Waals surface area contributed by atoms with Crippen molar-refractivity contribution < 1.29 is 14.3 Å². The highest BCUT2D eigenvalue weighted by molar-refractivity contribution is 7.16. The van der Waals surface area contributed by atoms with Crippen LogP contribution in [0.3, 0.4) is 0 Å². The van der Waals surface area contributed by atoms with Gasteiger partial charge in [-0.2, -0.15) is 0 Å². The summed E-state index contributed by atoms with van der Waals surface area (Å²) in [6.07, 6.45) is 4.05. The van der Waals surface area contributed by atoms with Gasteiger partial charge < -0.3 is 10.1 Å². The standard InChI is InChI=1S/C14H20N2O3S/c1-3-10-8-11(13(17)19-4-2)12(20-10)16-14(18)15-9-6-5-7-9/h8-9H,3-7H2,1-2H3,(H2,15,16,18). The van der Waals surface area contributed by atoms with Gasteiger partial charge in [-0.1, -0.05) is 6.92 Å². The molecule has 0 aromatic carbocycles. The number of hydrogen-bond donors (Lipinski definition) is 2. The summed E-state index contributed by atoms with van der Waals surface area (Å²) in [4.78, 5) is 24.8. The first-order chi connectivity index (χ1) is 9.63. The number of amides is 2. The molecule has 2 rings (SSSR count). The predicted octanol–water partition coefficient (Wildman–Crippen LogP) is 3.16. The van der Waals surface area contributed by atoms with Crippen molar-refractivity contribution in [2.45, 2.75) is 45.6 Å². The van der Waals surface area contributed by atoms with Crippen LogP contribution in [0, 0.1) is 0 Å². The predicted molar refractivity (Wildman–Crippen MR) is 79.4 cm³/mol. The molecule has 1 aliphatic carbocycles. The minimum absolute atomic E-state index is 0.246. The van der Waals surface area contributed by atoms with E-state index >= 15 is 0 Å². The highest BCUT2D eigenvalue weighted by Gasteiger charge is 2.22. The highest BCUT2D eigenvalue weighted by atomic mass is 32.1. The van der Waals surface area contributed by atoms with Gasteiger partial charge in [-0.3, -0.25) is 5.32 Å². The second-order valence-corrected chi connectivity index (χ2v) is 5.89. The minimum atomic E-state index is -0.387. The monoisotopic (exact) mass is 296 g/mol. The number of anilines is 1. The summed E-state index contributed by atoms with van der Waals surface area (Å²) < 4.78 is 5.02. The minimum Gasteiger partial charge on any atom is -0.462 e. The Kier molecular flexibility index (Phi) is 5.00. The zero-order valence-corrected chi connectivity index (χ0v) is 12.6. The van der Waals surface area contributed by atoms with E-state index in [0.29, 0.717) is 17.2 Å². The summed E-state index contributed by atoms with van der Waals surface area (Å²) in [7, 11) is 0. The van der Waals surface area contributed by atoms with E-state index in [0.717, 1.165) is 30.6 Å². The number of nitrogens with one attached hydrogen (secondary N) is 2. The fourth-order valence-corrected chi connectivity index (χ4v) is 2.93. The Hall–Kier alpha value is -1.56. The largest absolute Gasteiger partial charge is 0.462 e. The molecule has 20 heavy (non-hydrogen) atoms. The summed E-state index contributed by atoms with van der Waals surface area (Å²) in [5.41, 5.74) is 0.442. The Bertz CT molecular complexity index is 495. The van der Waals surface area contributed by atoms with Crippen LogP contribution in [0.25, 0.3) is 0 Å². The lowest BCUT2D eigenvalue weighted by Gasteiger charge is -2.26. The maximum absolute atomic E-state index is 11.9. The second kappa shape index (κ2) is 6.74. The third-order valence-electron chi connectivity index (χ3n) is 3.29. The topological polar surface area (TPSA) is 67.4 Å². The van der Waals surface area contributed by atoms with Gasteiger partial charge in [0.1, 0.15) is 5.00 Å². The van der Waals surface area contributed by atoms with Gasteiger partial charge in [0.15, 0.2) is 0 Å². The number of hydrogen-bond acceptors (Lipinski definition) is 4. The number of rotatable bonds is 5. The SMILES string of the molecule is CCOC(=O)c1cc(CC)sc1NC(=O)NC1CCC1. The van der Waals surface area contributed by atoms with E-state index < -0.39 is 0 Å². The highest BCUT2D eigenvalue weighted by Crippen LogP contribution is 2.29. The molecule has 0 spiro atoms. The van der Waals surface area contributed by atoms with Gasteiger partial charge >= 0.3 is 12.0 Å². The van der Waals surface area contributed by atoms with Crippen LogP contribution in [-0.2, 0) is 11.2 Å². The zero-order chi connectivity index (χ0) is 14.5. The maximum Gasteiger partial charge on any atom is 0.341 e. The molecule has 0 unspecified atom stereocenters. The van der Waals surface area contributed by atoms with Crippen LogP contribution >= 0.6 is 11.3 Å². The Balaban J connectivity index is 2.06. The van der Waals surface area contributed by atoms with E-state index in [9.17, 15) is 9.59 Å². The van der Waals surface area contributed by atoms with Crippen LogP contribution in [-0.4, -0.2) is 24.6 Å². The van der Waals surface area contributed by atoms with Crippen molar-refractivity contribution in [1.82, 2.24) is 5.32 Å². The molecule has 2 N–H and O–H groups in total. The van der Waals surface area contributed by atoms with Gasteiger partial charge in [-0.05, 0) is 38.7 Å². The smallest absolute Gasteiger partial charge is 0.341 e. The van der Waals surface area contributed by atoms with Crippen molar-refractivity contribution in [3.63, 3.8) is 0 Å². The van der Waals surface area contributed by atoms with Crippen molar-refractivity contribution in [3.8, 4) is 0 Å². The Morgan fingerprint density at radius 1 is 1.40 bits per heavy atom. The van der Waals surface area contributed by atoms with Crippen LogP contribution in [0.2, 0.25) is 0 Å². The average Bonchev–Trinajstić information content (AvgIpc) is 2.77. The van der Waals surface area contributed by atoms with Gasteiger partial charge in [-0.25, -0.2) is 9.59 Å². The van der Waals surface area contributed by atoms with Crippen molar-refractivity contribution in [1.29, 1.82) is 0 Å². The molecule has 1 fully saturated rings. The third-order valence-corrected chi connectivity index (χ3v) is 4.49. The summed E-state index contributed by atoms with van der Waals surface area (Å²) >= 11 is 1.42. The summed E-state index contributed by atoms with van der Waals surface area (Å²) in [5.74, 6) is -0.387. The van der Waals surface area contributed by atoms with E-state index in [1.807, 2.05) is 6.92 Å². The molecule has 1 saturated carbocycles. The Morgan fingerprint density at radius 2 is 2.15 bits per heavy atom.